The number of hydrogen-bond donors (Lipinski definition) is 0. The van der Waals surface area contributed by atoms with Crippen molar-refractivity contribution in [2.45, 2.75) is 18.7 Å². The molecule has 4 heteroatoms. The summed E-state index contributed by atoms with van der Waals surface area (Å²) in [5, 5.41) is 0. The second kappa shape index (κ2) is 5.37. The Morgan fingerprint density at radius 2 is 1.57 bits per heavy atom. The van der Waals surface area contributed by atoms with Gasteiger partial charge in [0.25, 0.3) is 11.8 Å². The number of carbonyl (C=O) groups excluding carboxylic acids is 2. The number of fused-ring (bicyclic) bond motifs is 1. The molecule has 1 aliphatic heterocycles. The molecule has 0 aromatic heterocycles. The average molecular weight is 297 g/mol. The first kappa shape index (κ1) is 13.9. The van der Waals surface area contributed by atoms with E-state index in [1.165, 1.54) is 22.2 Å². The van der Waals surface area contributed by atoms with Gasteiger partial charge in [0, 0.05) is 4.90 Å². The van der Waals surface area contributed by atoms with Crippen molar-refractivity contribution in [1.82, 2.24) is 4.90 Å². The Bertz CT molecular complexity index is 704. The second-order valence-corrected chi connectivity index (χ2v) is 6.11. The molecule has 1 aliphatic rings. The van der Waals surface area contributed by atoms with E-state index in [0.29, 0.717) is 17.0 Å². The molecule has 2 aromatic rings. The Hall–Kier alpha value is -2.07. The van der Waals surface area contributed by atoms with Gasteiger partial charge in [-0.3, -0.25) is 14.5 Å². The van der Waals surface area contributed by atoms with Crippen LogP contribution in [0.2, 0.25) is 0 Å². The summed E-state index contributed by atoms with van der Waals surface area (Å²) in [6.07, 6.45) is 0. The third-order valence-electron chi connectivity index (χ3n) is 3.56. The zero-order valence-corrected chi connectivity index (χ0v) is 12.7. The number of imide groups is 1. The van der Waals surface area contributed by atoms with Crippen molar-refractivity contribution in [3.05, 3.63) is 64.7 Å². The summed E-state index contributed by atoms with van der Waals surface area (Å²) in [7, 11) is 0. The maximum Gasteiger partial charge on any atom is 0.262 e. The zero-order valence-electron chi connectivity index (χ0n) is 11.9. The topological polar surface area (TPSA) is 37.4 Å². The van der Waals surface area contributed by atoms with Crippen molar-refractivity contribution >= 4 is 23.6 Å². The molecule has 2 aromatic carbocycles. The zero-order chi connectivity index (χ0) is 15.0. The molecule has 0 saturated heterocycles. The number of aryl methyl sites for hydroxylation is 2. The van der Waals surface area contributed by atoms with Crippen molar-refractivity contribution in [3.63, 3.8) is 0 Å². The lowest BCUT2D eigenvalue weighted by Crippen LogP contribution is -2.29. The summed E-state index contributed by atoms with van der Waals surface area (Å²) in [5.74, 6) is -0.0586. The molecule has 21 heavy (non-hydrogen) atoms. The predicted molar refractivity (Wildman–Crippen MR) is 83.6 cm³/mol. The molecule has 0 N–H and O–H groups in total. The molecule has 0 bridgehead atoms. The Balaban J connectivity index is 1.78. The van der Waals surface area contributed by atoms with Crippen molar-refractivity contribution in [3.8, 4) is 0 Å². The molecule has 0 fully saturated rings. The van der Waals surface area contributed by atoms with Crippen molar-refractivity contribution in [2.75, 3.05) is 5.88 Å². The molecular formula is C17H15NO2S. The summed E-state index contributed by atoms with van der Waals surface area (Å²) >= 11 is 1.52. The van der Waals surface area contributed by atoms with Crippen molar-refractivity contribution in [1.29, 1.82) is 0 Å². The number of hydrogen-bond acceptors (Lipinski definition) is 3. The van der Waals surface area contributed by atoms with Gasteiger partial charge in [-0.2, -0.15) is 0 Å². The second-order valence-electron chi connectivity index (χ2n) is 5.13. The Kier molecular flexibility index (Phi) is 3.55. The SMILES string of the molecule is Cc1ccc(SCN2C(=O)c3ccccc3C2=O)c(C)c1. The van der Waals surface area contributed by atoms with E-state index < -0.39 is 0 Å². The quantitative estimate of drug-likeness (QED) is 0.641. The smallest absolute Gasteiger partial charge is 0.262 e. The van der Waals surface area contributed by atoms with Gasteiger partial charge in [0.2, 0.25) is 0 Å². The van der Waals surface area contributed by atoms with Crippen LogP contribution in [0.15, 0.2) is 47.4 Å². The first-order valence-electron chi connectivity index (χ1n) is 6.73. The summed E-state index contributed by atoms with van der Waals surface area (Å²) in [4.78, 5) is 26.9. The maximum atomic E-state index is 12.3. The molecule has 0 aliphatic carbocycles. The number of nitrogens with zero attached hydrogens (tertiary/aromatic N) is 1. The van der Waals surface area contributed by atoms with Crippen LogP contribution >= 0.6 is 11.8 Å². The van der Waals surface area contributed by atoms with Crippen LogP contribution in [0, 0.1) is 13.8 Å². The maximum absolute atomic E-state index is 12.3. The molecule has 106 valence electrons. The minimum Gasteiger partial charge on any atom is -0.269 e. The lowest BCUT2D eigenvalue weighted by molar-refractivity contribution is 0.0684. The predicted octanol–water partition coefficient (Wildman–Crippen LogP) is 3.65. The van der Waals surface area contributed by atoms with E-state index in [9.17, 15) is 9.59 Å². The molecule has 3 nitrogen and oxygen atoms in total. The summed E-state index contributed by atoms with van der Waals surface area (Å²) < 4.78 is 0. The number of rotatable bonds is 3. The van der Waals surface area contributed by atoms with Gasteiger partial charge in [-0.15, -0.1) is 11.8 Å². The monoisotopic (exact) mass is 297 g/mol. The van der Waals surface area contributed by atoms with Crippen molar-refractivity contribution in [2.24, 2.45) is 0 Å². The van der Waals surface area contributed by atoms with Gasteiger partial charge in [-0.25, -0.2) is 0 Å². The normalized spacial score (nSPS) is 13.7. The number of carbonyl (C=O) groups is 2. The van der Waals surface area contributed by atoms with E-state index in [0.717, 1.165) is 10.5 Å². The highest BCUT2D eigenvalue weighted by atomic mass is 32.2. The van der Waals surface area contributed by atoms with E-state index in [1.54, 1.807) is 24.3 Å². The minimum absolute atomic E-state index is 0.201. The molecule has 3 rings (SSSR count). The van der Waals surface area contributed by atoms with Gasteiger partial charge in [0.05, 0.1) is 17.0 Å². The Labute approximate surface area is 128 Å². The van der Waals surface area contributed by atoms with Gasteiger partial charge >= 0.3 is 0 Å². The Morgan fingerprint density at radius 3 is 2.14 bits per heavy atom. The summed E-state index contributed by atoms with van der Waals surface area (Å²) in [6, 6.07) is 13.2. The van der Waals surface area contributed by atoms with Gasteiger partial charge in [0.15, 0.2) is 0 Å². The fourth-order valence-corrected chi connectivity index (χ4v) is 3.41. The number of benzene rings is 2. The minimum atomic E-state index is -0.201. The van der Waals surface area contributed by atoms with E-state index in [4.69, 9.17) is 0 Å². The van der Waals surface area contributed by atoms with Crippen LogP contribution in [-0.4, -0.2) is 22.6 Å². The van der Waals surface area contributed by atoms with Crippen LogP contribution in [0.25, 0.3) is 0 Å². The first-order valence-corrected chi connectivity index (χ1v) is 7.72. The molecular weight excluding hydrogens is 282 g/mol. The van der Waals surface area contributed by atoms with Crippen LogP contribution in [0.5, 0.6) is 0 Å². The van der Waals surface area contributed by atoms with Crippen LogP contribution < -0.4 is 0 Å². The highest BCUT2D eigenvalue weighted by Gasteiger charge is 2.34. The van der Waals surface area contributed by atoms with Gasteiger partial charge in [0.1, 0.15) is 0 Å². The Morgan fingerprint density at radius 1 is 0.952 bits per heavy atom. The van der Waals surface area contributed by atoms with E-state index in [-0.39, 0.29) is 11.8 Å². The molecule has 0 unspecified atom stereocenters. The highest BCUT2D eigenvalue weighted by molar-refractivity contribution is 7.99. The fourth-order valence-electron chi connectivity index (χ4n) is 2.45. The molecule has 2 amide bonds. The van der Waals surface area contributed by atoms with Crippen LogP contribution in [-0.2, 0) is 0 Å². The standard InChI is InChI=1S/C17H15NO2S/c1-11-7-8-15(12(2)9-11)21-10-18-16(19)13-5-3-4-6-14(13)17(18)20/h3-9H,10H2,1-2H3. The van der Waals surface area contributed by atoms with Crippen molar-refractivity contribution < 1.29 is 9.59 Å². The van der Waals surface area contributed by atoms with Crippen LogP contribution in [0.3, 0.4) is 0 Å². The highest BCUT2D eigenvalue weighted by Crippen LogP contribution is 2.28. The molecule has 0 atom stereocenters. The van der Waals surface area contributed by atoms with Crippen LogP contribution in [0.1, 0.15) is 31.8 Å². The average Bonchev–Trinajstić information content (AvgIpc) is 2.71. The number of thioether (sulfide) groups is 1. The van der Waals surface area contributed by atoms with Gasteiger partial charge in [-0.05, 0) is 37.6 Å². The lowest BCUT2D eigenvalue weighted by Gasteiger charge is -2.14. The van der Waals surface area contributed by atoms with E-state index in [2.05, 4.69) is 6.07 Å². The lowest BCUT2D eigenvalue weighted by atomic mass is 10.1. The molecule has 0 radical (unpaired) electrons. The summed E-state index contributed by atoms with van der Waals surface area (Å²) in [5.41, 5.74) is 3.38. The molecule has 0 saturated carbocycles. The van der Waals surface area contributed by atoms with E-state index in [1.807, 2.05) is 26.0 Å². The fraction of sp³-hybridized carbons (Fsp3) is 0.176. The van der Waals surface area contributed by atoms with Gasteiger partial charge in [-0.1, -0.05) is 29.8 Å². The third-order valence-corrected chi connectivity index (χ3v) is 4.71. The van der Waals surface area contributed by atoms with Gasteiger partial charge < -0.3 is 0 Å². The third kappa shape index (κ3) is 2.47. The van der Waals surface area contributed by atoms with E-state index >= 15 is 0 Å². The summed E-state index contributed by atoms with van der Waals surface area (Å²) in [6.45, 7) is 4.09. The first-order chi connectivity index (χ1) is 10.1. The molecule has 0 spiro atoms. The number of amides is 2. The largest absolute Gasteiger partial charge is 0.269 e. The molecule has 1 heterocycles. The van der Waals surface area contributed by atoms with Crippen LogP contribution in [0.4, 0.5) is 0 Å².